The molecule has 0 spiro atoms. The molecule has 2 fully saturated rings. The van der Waals surface area contributed by atoms with Crippen LogP contribution in [0.15, 0.2) is 0 Å². The van der Waals surface area contributed by atoms with Gasteiger partial charge in [-0.15, -0.1) is 0 Å². The Balaban J connectivity index is 2.91. The highest BCUT2D eigenvalue weighted by molar-refractivity contribution is 8.00. The highest BCUT2D eigenvalue weighted by Gasteiger charge is 2.40. The number of carboxylic acids is 1. The molecule has 16 heavy (non-hydrogen) atoms. The average Bonchev–Trinajstić information content (AvgIpc) is 3.02. The van der Waals surface area contributed by atoms with Gasteiger partial charge < -0.3 is 27.1 Å². The standard InChI is InChI=1S/C10H20N2O3S/c13-8(14)4-2-1-3-7-9-6(5-16-7)11-10(15)12-9/h6-7,9H,1-5H2,16H4,(H,13,14)(H2,11,12,15)/t6-,7-,9-/m0/s1/i1D2,2D2,3D2,4D2,5D2,7D,16D4/hD. The van der Waals surface area contributed by atoms with Gasteiger partial charge in [-0.05, 0) is 23.7 Å². The number of aliphatic carboxylic acids is 1. The summed E-state index contributed by atoms with van der Waals surface area (Å²) >= 11 is -7.87. The minimum atomic E-state index is -7.87. The molecule has 2 aliphatic rings. The fourth-order valence-corrected chi connectivity index (χ4v) is 2.15. The van der Waals surface area contributed by atoms with Gasteiger partial charge in [-0.3, -0.25) is 4.79 Å². The number of carboxylic acid groups (broad SMARTS) is 1. The number of carbonyl (C=O) groups is 2. The second kappa shape index (κ2) is 4.95. The lowest BCUT2D eigenvalue weighted by Crippen LogP contribution is -2.36. The monoisotopic (exact) mass is 264 g/mol. The van der Waals surface area contributed by atoms with E-state index in [0.717, 1.165) is 0 Å². The van der Waals surface area contributed by atoms with Crippen LogP contribution >= 0.6 is 11.4 Å². The quantitative estimate of drug-likeness (QED) is 0.598. The van der Waals surface area contributed by atoms with Crippen molar-refractivity contribution in [3.8, 4) is 0 Å². The van der Waals surface area contributed by atoms with Crippen LogP contribution in [0.25, 0.3) is 1.43 Å². The molecule has 5 nitrogen and oxygen atoms in total. The van der Waals surface area contributed by atoms with Crippen molar-refractivity contribution in [2.24, 2.45) is 0 Å². The Morgan fingerprint density at radius 2 is 2.69 bits per heavy atom. The maximum atomic E-state index is 11.8. The van der Waals surface area contributed by atoms with E-state index < -0.39 is 71.9 Å². The molecule has 2 amide bonds. The smallest absolute Gasteiger partial charge is 0.315 e. The number of nitrogens with one attached hydrogen (secondary N) is 2. The van der Waals surface area contributed by atoms with Crippen LogP contribution in [0.1, 0.15) is 40.6 Å². The molecule has 3 atom stereocenters. The molecule has 0 aliphatic carbocycles. The third-order valence-corrected chi connectivity index (χ3v) is 2.85. The molecule has 0 aromatic heterocycles. The van der Waals surface area contributed by atoms with Crippen LogP contribution in [0.3, 0.4) is 0 Å². The van der Waals surface area contributed by atoms with Gasteiger partial charge in [0.15, 0.2) is 0 Å². The van der Waals surface area contributed by atoms with E-state index >= 15 is 0 Å². The molecule has 2 heterocycles. The maximum absolute atomic E-state index is 11.8. The van der Waals surface area contributed by atoms with E-state index in [1.807, 2.05) is 5.32 Å². The number of fused-ring (bicyclic) bond motifs is 1. The average molecular weight is 264 g/mol. The molecule has 0 aromatic carbocycles. The van der Waals surface area contributed by atoms with E-state index in [9.17, 15) is 9.59 Å². The second-order valence-electron chi connectivity index (χ2n) is 2.94. The zero-order chi connectivity index (χ0) is 25.8. The van der Waals surface area contributed by atoms with E-state index in [0.29, 0.717) is 0 Å². The first-order valence-corrected chi connectivity index (χ1v) is 5.08. The zero-order valence-electron chi connectivity index (χ0n) is 23.8. The van der Waals surface area contributed by atoms with Gasteiger partial charge in [0, 0.05) is 21.5 Å². The number of amides is 2. The summed E-state index contributed by atoms with van der Waals surface area (Å²) in [5.74, 6) is -2.30. The Kier molecular flexibility index (Phi) is 0.900. The highest BCUT2D eigenvalue weighted by Crippen LogP contribution is 2.33. The van der Waals surface area contributed by atoms with Gasteiger partial charge in [-0.25, -0.2) is 4.79 Å². The van der Waals surface area contributed by atoms with E-state index in [2.05, 4.69) is 5.11 Å². The fraction of sp³-hybridized carbons (Fsp3) is 0.800. The Morgan fingerprint density at radius 3 is 3.50 bits per heavy atom. The van der Waals surface area contributed by atoms with Crippen LogP contribution in [0.2, 0.25) is 0 Å². The van der Waals surface area contributed by atoms with Crippen LogP contribution in [-0.4, -0.2) is 44.6 Å². The van der Waals surface area contributed by atoms with Gasteiger partial charge in [0.25, 0.3) is 1.43 Å². The summed E-state index contributed by atoms with van der Waals surface area (Å²) < 4.78 is 128. The number of hydrogen-bond acceptors (Lipinski definition) is 3. The molecule has 6 heteroatoms. The Labute approximate surface area is 120 Å². The highest BCUT2D eigenvalue weighted by atomic mass is 32.2. The van der Waals surface area contributed by atoms with E-state index in [4.69, 9.17) is 21.0 Å². The lowest BCUT2D eigenvalue weighted by molar-refractivity contribution is -0.137. The van der Waals surface area contributed by atoms with Crippen molar-refractivity contribution >= 4 is 23.4 Å². The van der Waals surface area contributed by atoms with Gasteiger partial charge in [-0.2, -0.15) is 0 Å². The number of rotatable bonds is 5. The molecular weight excluding hydrogens is 228 g/mol. The zero-order valence-corrected chi connectivity index (χ0v) is 8.60. The topological polar surface area (TPSA) is 78.4 Å². The van der Waals surface area contributed by atoms with Crippen molar-refractivity contribution < 1.29 is 29.8 Å². The molecule has 0 saturated carbocycles. The Morgan fingerprint density at radius 1 is 1.81 bits per heavy atom. The molecule has 2 saturated heterocycles. The third kappa shape index (κ3) is 2.61. The van der Waals surface area contributed by atoms with E-state index in [-0.39, 0.29) is 0 Å². The van der Waals surface area contributed by atoms with Crippen molar-refractivity contribution in [3.05, 3.63) is 0 Å². The lowest BCUT2D eigenvalue weighted by atomic mass is 10.0. The van der Waals surface area contributed by atoms with E-state index in [1.54, 1.807) is 5.32 Å². The summed E-state index contributed by atoms with van der Waals surface area (Å²) in [4.78, 5) is 23.4. The fourth-order valence-electron chi connectivity index (χ4n) is 1.27. The summed E-state index contributed by atoms with van der Waals surface area (Å²) in [6, 6.07) is -5.88. The summed E-state index contributed by atoms with van der Waals surface area (Å²) in [6.07, 6.45) is -17.3. The Bertz CT molecular complexity index is 885. The predicted molar refractivity (Wildman–Crippen MR) is 67.2 cm³/mol. The Hall–Kier alpha value is -0.910. The molecule has 0 radical (unpaired) electrons. The van der Waals surface area contributed by atoms with Gasteiger partial charge in [0.2, 0.25) is 0 Å². The number of hydrogen-bond donors (Lipinski definition) is 3. The minimum Gasteiger partial charge on any atom is -0.481 e. The third-order valence-electron chi connectivity index (χ3n) is 1.90. The molecule has 0 unspecified atom stereocenters. The maximum Gasteiger partial charge on any atom is 0.315 e. The van der Waals surface area contributed by atoms with Crippen LogP contribution in [0.4, 0.5) is 4.79 Å². The first-order valence-electron chi connectivity index (χ1n) is 11.8. The van der Waals surface area contributed by atoms with Gasteiger partial charge in [0.1, 0.15) is 0 Å². The molecule has 0 aromatic rings. The van der Waals surface area contributed by atoms with Crippen molar-refractivity contribution in [2.45, 2.75) is 42.8 Å². The normalized spacial score (nSPS) is 71.6. The van der Waals surface area contributed by atoms with Crippen molar-refractivity contribution in [1.29, 1.82) is 5.93 Å². The molecule has 2 aliphatic heterocycles. The molecule has 94 valence electrons. The molecular formula is C10H20N2O3S. The largest absolute Gasteiger partial charge is 0.481 e. The second-order valence-corrected chi connectivity index (χ2v) is 3.82. The van der Waals surface area contributed by atoms with E-state index in [1.165, 1.54) is 0 Å². The number of urea groups is 1. The van der Waals surface area contributed by atoms with Crippen molar-refractivity contribution in [2.75, 3.05) is 5.70 Å². The number of carbonyl (C=O) groups excluding carboxylic acids is 1. The summed E-state index contributed by atoms with van der Waals surface area (Å²) in [5.41, 5.74) is -3.79. The predicted octanol–water partition coefficient (Wildman–Crippen LogP) is -0.274. The van der Waals surface area contributed by atoms with Crippen LogP contribution in [-0.2, 0) is 4.79 Å². The summed E-state index contributed by atoms with van der Waals surface area (Å²) in [5, 5.41) is 2.77. The van der Waals surface area contributed by atoms with Crippen LogP contribution in [0.5, 0.6) is 0 Å². The summed E-state index contributed by atoms with van der Waals surface area (Å²) in [7, 11) is 0. The first-order chi connectivity index (χ1) is 13.6. The van der Waals surface area contributed by atoms with Crippen LogP contribution < -0.4 is 10.6 Å². The van der Waals surface area contributed by atoms with Crippen LogP contribution in [0, 0.1) is 0 Å². The molecule has 2 rings (SSSR count). The van der Waals surface area contributed by atoms with Gasteiger partial charge >= 0.3 is 12.0 Å². The minimum absolute atomic E-state index is 1.25. The molecule has 3 N–H and O–H groups in total. The lowest BCUT2D eigenvalue weighted by Gasteiger charge is -2.18. The van der Waals surface area contributed by atoms with Crippen molar-refractivity contribution in [3.63, 3.8) is 0 Å². The van der Waals surface area contributed by atoms with Gasteiger partial charge in [0.05, 0.1) is 16.6 Å². The SMILES string of the molecule is [2H]OC(=O)C([2H])([2H])C([2H])([2H])C([2H])([2H])C([2H])([2H])[C@@]1([2H])[C@H]2NC(=O)N[C@H]2C([2H])([2H])S1([2H])([2H])([2H])[2H]. The summed E-state index contributed by atoms with van der Waals surface area (Å²) in [6.45, 7) is 0. The first kappa shape index (κ1) is 2.91. The molecule has 0 bridgehead atoms. The van der Waals surface area contributed by atoms with Gasteiger partial charge in [-0.1, -0.05) is 6.37 Å². The van der Waals surface area contributed by atoms with Crippen molar-refractivity contribution in [1.82, 2.24) is 10.6 Å².